The van der Waals surface area contributed by atoms with E-state index in [4.69, 9.17) is 10.0 Å². The van der Waals surface area contributed by atoms with Crippen LogP contribution in [0.4, 0.5) is 0 Å². The first-order valence-electron chi connectivity index (χ1n) is 5.92. The molecule has 1 rings (SSSR count). The topological polar surface area (TPSA) is 40.5 Å². The highest BCUT2D eigenvalue weighted by atomic mass is 16.4. The summed E-state index contributed by atoms with van der Waals surface area (Å²) < 4.78 is 0. The predicted molar refractivity (Wildman–Crippen MR) is 72.4 cm³/mol. The summed E-state index contributed by atoms with van der Waals surface area (Å²) in [6.07, 6.45) is 1.20. The molecule has 0 saturated carbocycles. The normalized spacial score (nSPS) is 8.50. The second-order valence-electron chi connectivity index (χ2n) is 3.72. The first kappa shape index (κ1) is 17.6. The third-order valence-corrected chi connectivity index (χ3v) is 1.49. The van der Waals surface area contributed by atoms with E-state index >= 15 is 0 Å². The van der Waals surface area contributed by atoms with Crippen LogP contribution in [-0.2, 0) is 6.42 Å². The Morgan fingerprint density at radius 2 is 1.44 bits per heavy atom. The summed E-state index contributed by atoms with van der Waals surface area (Å²) in [5.41, 5.74) is 1.44. The summed E-state index contributed by atoms with van der Waals surface area (Å²) in [7, 11) is -1.17. The predicted octanol–water partition coefficient (Wildman–Crippen LogP) is 3.00. The highest BCUT2D eigenvalue weighted by Gasteiger charge is 1.94. The van der Waals surface area contributed by atoms with Gasteiger partial charge in [-0.05, 0) is 24.7 Å². The molecule has 2 N–H and O–H groups in total. The fourth-order valence-corrected chi connectivity index (χ4v) is 1.09. The van der Waals surface area contributed by atoms with Gasteiger partial charge in [0, 0.05) is 0 Å². The maximum Gasteiger partial charge on any atom is 0.448 e. The van der Waals surface area contributed by atoms with Gasteiger partial charge in [0.1, 0.15) is 0 Å². The molecule has 0 saturated heterocycles. The molecule has 0 bridgehead atoms. The van der Waals surface area contributed by atoms with Crippen molar-refractivity contribution in [3.8, 4) is 0 Å². The van der Waals surface area contributed by atoms with Gasteiger partial charge in [0.25, 0.3) is 0 Å². The summed E-state index contributed by atoms with van der Waals surface area (Å²) in [5, 5.41) is 15.2. The SMILES string of the molecule is CB(O)O.CC.CC(C)Cc1ccccc1. The fraction of sp³-hybridized carbons (Fsp3) is 0.538. The van der Waals surface area contributed by atoms with Crippen molar-refractivity contribution in [2.75, 3.05) is 0 Å². The zero-order valence-corrected chi connectivity index (χ0v) is 11.1. The van der Waals surface area contributed by atoms with E-state index in [0.29, 0.717) is 0 Å². The molecule has 0 atom stereocenters. The van der Waals surface area contributed by atoms with Crippen molar-refractivity contribution in [3.05, 3.63) is 35.9 Å². The molecule has 0 aliphatic carbocycles. The Labute approximate surface area is 100 Å². The fourth-order valence-electron chi connectivity index (χ4n) is 1.09. The molecule has 16 heavy (non-hydrogen) atoms. The lowest BCUT2D eigenvalue weighted by molar-refractivity contribution is 0.417. The van der Waals surface area contributed by atoms with E-state index < -0.39 is 7.12 Å². The van der Waals surface area contributed by atoms with E-state index in [9.17, 15) is 0 Å². The van der Waals surface area contributed by atoms with E-state index in [1.54, 1.807) is 0 Å². The largest absolute Gasteiger partial charge is 0.448 e. The van der Waals surface area contributed by atoms with Gasteiger partial charge in [0.15, 0.2) is 0 Å². The van der Waals surface area contributed by atoms with Gasteiger partial charge in [-0.1, -0.05) is 58.0 Å². The Balaban J connectivity index is 0. The van der Waals surface area contributed by atoms with E-state index in [1.807, 2.05) is 13.8 Å². The maximum absolute atomic E-state index is 7.61. The molecule has 0 fully saturated rings. The van der Waals surface area contributed by atoms with Crippen molar-refractivity contribution in [2.24, 2.45) is 5.92 Å². The van der Waals surface area contributed by atoms with Gasteiger partial charge in [-0.2, -0.15) is 0 Å². The minimum Gasteiger partial charge on any atom is -0.427 e. The number of benzene rings is 1. The molecule has 0 aromatic heterocycles. The lowest BCUT2D eigenvalue weighted by Gasteiger charge is -2.02. The first-order valence-corrected chi connectivity index (χ1v) is 5.92. The smallest absolute Gasteiger partial charge is 0.427 e. The molecule has 92 valence electrons. The molecule has 0 aliphatic rings. The maximum atomic E-state index is 7.61. The van der Waals surface area contributed by atoms with Crippen molar-refractivity contribution in [1.29, 1.82) is 0 Å². The minimum absolute atomic E-state index is 0.766. The summed E-state index contributed by atoms with van der Waals surface area (Å²) in [5.74, 6) is 0.766. The van der Waals surface area contributed by atoms with Crippen molar-refractivity contribution in [1.82, 2.24) is 0 Å². The number of hydrogen-bond acceptors (Lipinski definition) is 2. The molecule has 0 spiro atoms. The average Bonchev–Trinajstić information content (AvgIpc) is 2.20. The van der Waals surface area contributed by atoms with E-state index in [0.717, 1.165) is 5.92 Å². The standard InChI is InChI=1S/C10H14.C2H6.CH5BO2/c1-9(2)8-10-6-4-3-5-7-10;1-2;1-2(3)4/h3-7,9H,8H2,1-2H3;1-2H3;3-4H,1H3. The third kappa shape index (κ3) is 15.7. The van der Waals surface area contributed by atoms with Crippen LogP contribution in [0.2, 0.25) is 6.82 Å². The van der Waals surface area contributed by atoms with Gasteiger partial charge in [-0.3, -0.25) is 0 Å². The van der Waals surface area contributed by atoms with Crippen LogP contribution < -0.4 is 0 Å². The van der Waals surface area contributed by atoms with Crippen molar-refractivity contribution in [3.63, 3.8) is 0 Å². The van der Waals surface area contributed by atoms with Gasteiger partial charge in [0.05, 0.1) is 0 Å². The molecule has 0 unspecified atom stereocenters. The molecular formula is C13H25BO2. The molecule has 3 heteroatoms. The van der Waals surface area contributed by atoms with Crippen LogP contribution in [-0.4, -0.2) is 17.2 Å². The van der Waals surface area contributed by atoms with Crippen LogP contribution in [0.5, 0.6) is 0 Å². The Morgan fingerprint density at radius 1 is 1.06 bits per heavy atom. The summed E-state index contributed by atoms with van der Waals surface area (Å²) >= 11 is 0. The van der Waals surface area contributed by atoms with Gasteiger partial charge in [-0.15, -0.1) is 0 Å². The van der Waals surface area contributed by atoms with Crippen molar-refractivity contribution in [2.45, 2.75) is 40.9 Å². The zero-order valence-electron chi connectivity index (χ0n) is 11.1. The van der Waals surface area contributed by atoms with Crippen LogP contribution in [0.3, 0.4) is 0 Å². The van der Waals surface area contributed by atoms with Crippen LogP contribution in [0.1, 0.15) is 33.3 Å². The Kier molecular flexibility index (Phi) is 13.5. The molecule has 1 aromatic rings. The Hall–Kier alpha value is -0.795. The lowest BCUT2D eigenvalue weighted by Crippen LogP contribution is -2.00. The molecule has 0 aliphatic heterocycles. The lowest BCUT2D eigenvalue weighted by atomic mass is 9.99. The van der Waals surface area contributed by atoms with Gasteiger partial charge in [0.2, 0.25) is 0 Å². The van der Waals surface area contributed by atoms with Crippen LogP contribution in [0.15, 0.2) is 30.3 Å². The molecule has 2 nitrogen and oxygen atoms in total. The number of hydrogen-bond donors (Lipinski definition) is 2. The van der Waals surface area contributed by atoms with Crippen LogP contribution in [0.25, 0.3) is 0 Å². The monoisotopic (exact) mass is 224 g/mol. The Morgan fingerprint density at radius 3 is 1.75 bits per heavy atom. The quantitative estimate of drug-likeness (QED) is 0.758. The van der Waals surface area contributed by atoms with Crippen molar-refractivity contribution < 1.29 is 10.0 Å². The zero-order chi connectivity index (χ0) is 13.0. The van der Waals surface area contributed by atoms with Gasteiger partial charge < -0.3 is 10.0 Å². The first-order chi connectivity index (χ1) is 7.52. The van der Waals surface area contributed by atoms with E-state index in [2.05, 4.69) is 44.2 Å². The molecule has 0 radical (unpaired) electrons. The van der Waals surface area contributed by atoms with Gasteiger partial charge in [-0.25, -0.2) is 0 Å². The third-order valence-electron chi connectivity index (χ3n) is 1.49. The summed E-state index contributed by atoms with van der Waals surface area (Å²) in [6.45, 7) is 9.76. The van der Waals surface area contributed by atoms with Gasteiger partial charge >= 0.3 is 7.12 Å². The highest BCUT2D eigenvalue weighted by molar-refractivity contribution is 6.38. The van der Waals surface area contributed by atoms with Crippen molar-refractivity contribution >= 4 is 7.12 Å². The van der Waals surface area contributed by atoms with Crippen LogP contribution in [0, 0.1) is 5.92 Å². The minimum atomic E-state index is -1.17. The van der Waals surface area contributed by atoms with Crippen LogP contribution >= 0.6 is 0 Å². The number of rotatable bonds is 2. The van der Waals surface area contributed by atoms with E-state index in [-0.39, 0.29) is 0 Å². The molecule has 1 aromatic carbocycles. The molecule has 0 heterocycles. The Bertz CT molecular complexity index is 220. The summed E-state index contributed by atoms with van der Waals surface area (Å²) in [4.78, 5) is 0. The molecular weight excluding hydrogens is 199 g/mol. The highest BCUT2D eigenvalue weighted by Crippen LogP contribution is 2.05. The second kappa shape index (κ2) is 12.3. The van der Waals surface area contributed by atoms with E-state index in [1.165, 1.54) is 18.8 Å². The summed E-state index contributed by atoms with van der Waals surface area (Å²) in [6, 6.07) is 10.6. The molecule has 0 amide bonds. The second-order valence-corrected chi connectivity index (χ2v) is 3.72. The average molecular weight is 224 g/mol.